The van der Waals surface area contributed by atoms with Gasteiger partial charge in [-0.2, -0.15) is 0 Å². The van der Waals surface area contributed by atoms with E-state index in [9.17, 15) is 9.59 Å². The highest BCUT2D eigenvalue weighted by molar-refractivity contribution is 5.81. The Morgan fingerprint density at radius 3 is 2.55 bits per heavy atom. The summed E-state index contributed by atoms with van der Waals surface area (Å²) in [6, 6.07) is 9.12. The zero-order chi connectivity index (χ0) is 14.5. The molecule has 1 heterocycles. The van der Waals surface area contributed by atoms with Crippen LogP contribution in [0.5, 0.6) is 0 Å². The first-order chi connectivity index (χ1) is 9.67. The van der Waals surface area contributed by atoms with Gasteiger partial charge in [0.15, 0.2) is 0 Å². The normalized spacial score (nSPS) is 17.1. The molecule has 0 aliphatic carbocycles. The fraction of sp³-hybridized carbons (Fsp3) is 0.467. The van der Waals surface area contributed by atoms with E-state index in [0.29, 0.717) is 19.7 Å². The number of rotatable bonds is 5. The van der Waals surface area contributed by atoms with Crippen molar-refractivity contribution in [3.63, 3.8) is 0 Å². The number of ether oxygens (including phenoxy) is 1. The lowest BCUT2D eigenvalue weighted by Gasteiger charge is -2.42. The van der Waals surface area contributed by atoms with Crippen molar-refractivity contribution >= 4 is 11.9 Å². The summed E-state index contributed by atoms with van der Waals surface area (Å²) in [5, 5.41) is 2.64. The van der Waals surface area contributed by atoms with Crippen molar-refractivity contribution < 1.29 is 14.3 Å². The molecular formula is C15H20N2O3. The molecule has 0 unspecified atom stereocenters. The Kier molecular flexibility index (Phi) is 4.74. The van der Waals surface area contributed by atoms with E-state index in [0.717, 1.165) is 5.56 Å². The lowest BCUT2D eigenvalue weighted by Crippen LogP contribution is -2.55. The van der Waals surface area contributed by atoms with Crippen molar-refractivity contribution in [1.82, 2.24) is 10.2 Å². The molecule has 1 N–H and O–H groups in total. The molecule has 2 rings (SSSR count). The van der Waals surface area contributed by atoms with Crippen LogP contribution < -0.4 is 5.32 Å². The van der Waals surface area contributed by atoms with E-state index in [1.807, 2.05) is 35.2 Å². The number of carbonyl (C=O) groups excluding carboxylic acids is 2. The van der Waals surface area contributed by atoms with E-state index in [-0.39, 0.29) is 17.8 Å². The van der Waals surface area contributed by atoms with E-state index in [1.165, 1.54) is 0 Å². The standard InChI is InChI=1S/C15H20N2O3/c1-3-20-15(19)13(11-7-5-4-6-8-11)17-9-12(10-17)14(18)16-2/h4-8,12-13H,3,9-10H2,1-2H3,(H,16,18)/t13-/m0/s1. The van der Waals surface area contributed by atoms with Crippen LogP contribution in [0.1, 0.15) is 18.5 Å². The Balaban J connectivity index is 2.09. The van der Waals surface area contributed by atoms with Gasteiger partial charge in [-0.15, -0.1) is 0 Å². The summed E-state index contributed by atoms with van der Waals surface area (Å²) in [6.45, 7) is 3.31. The molecule has 5 nitrogen and oxygen atoms in total. The molecule has 1 aliphatic rings. The number of hydrogen-bond acceptors (Lipinski definition) is 4. The molecule has 0 spiro atoms. The summed E-state index contributed by atoms with van der Waals surface area (Å²) in [5.74, 6) is -0.272. The summed E-state index contributed by atoms with van der Waals surface area (Å²) in [6.07, 6.45) is 0. The maximum absolute atomic E-state index is 12.2. The number of likely N-dealkylation sites (tertiary alicyclic amines) is 1. The number of benzene rings is 1. The Morgan fingerprint density at radius 2 is 2.00 bits per heavy atom. The number of nitrogens with one attached hydrogen (secondary N) is 1. The van der Waals surface area contributed by atoms with Crippen molar-refractivity contribution in [2.24, 2.45) is 5.92 Å². The zero-order valence-electron chi connectivity index (χ0n) is 11.8. The summed E-state index contributed by atoms with van der Waals surface area (Å²) < 4.78 is 5.16. The van der Waals surface area contributed by atoms with Gasteiger partial charge in [-0.25, -0.2) is 4.79 Å². The molecule has 20 heavy (non-hydrogen) atoms. The molecular weight excluding hydrogens is 256 g/mol. The maximum Gasteiger partial charge on any atom is 0.328 e. The minimum atomic E-state index is -0.419. The van der Waals surface area contributed by atoms with Gasteiger partial charge in [-0.3, -0.25) is 9.69 Å². The third-order valence-corrected chi connectivity index (χ3v) is 3.52. The summed E-state index contributed by atoms with van der Waals surface area (Å²) in [5.41, 5.74) is 0.904. The monoisotopic (exact) mass is 276 g/mol. The number of amides is 1. The van der Waals surface area contributed by atoms with Crippen LogP contribution in [0.4, 0.5) is 0 Å². The van der Waals surface area contributed by atoms with E-state index in [4.69, 9.17) is 4.74 Å². The van der Waals surface area contributed by atoms with E-state index < -0.39 is 6.04 Å². The first-order valence-electron chi connectivity index (χ1n) is 6.84. The minimum Gasteiger partial charge on any atom is -0.465 e. The van der Waals surface area contributed by atoms with Gasteiger partial charge in [0.05, 0.1) is 12.5 Å². The van der Waals surface area contributed by atoms with E-state index >= 15 is 0 Å². The van der Waals surface area contributed by atoms with Gasteiger partial charge >= 0.3 is 5.97 Å². The minimum absolute atomic E-state index is 0.0249. The van der Waals surface area contributed by atoms with Gasteiger partial charge in [0.2, 0.25) is 5.91 Å². The summed E-state index contributed by atoms with van der Waals surface area (Å²) >= 11 is 0. The SMILES string of the molecule is CCOC(=O)[C@H](c1ccccc1)N1CC(C(=O)NC)C1. The molecule has 0 saturated carbocycles. The molecule has 1 aromatic rings. The Morgan fingerprint density at radius 1 is 1.35 bits per heavy atom. The predicted octanol–water partition coefficient (Wildman–Crippen LogP) is 0.969. The Hall–Kier alpha value is -1.88. The highest BCUT2D eigenvalue weighted by Gasteiger charge is 2.40. The first kappa shape index (κ1) is 14.5. The maximum atomic E-state index is 12.2. The van der Waals surface area contributed by atoms with Crippen molar-refractivity contribution in [2.45, 2.75) is 13.0 Å². The number of hydrogen-bond donors (Lipinski definition) is 1. The second kappa shape index (κ2) is 6.52. The molecule has 0 aromatic heterocycles. The van der Waals surface area contributed by atoms with Gasteiger partial charge in [-0.1, -0.05) is 30.3 Å². The number of esters is 1. The average Bonchev–Trinajstić information content (AvgIpc) is 2.42. The van der Waals surface area contributed by atoms with Gasteiger partial charge < -0.3 is 10.1 Å². The highest BCUT2D eigenvalue weighted by atomic mass is 16.5. The molecule has 1 aromatic carbocycles. The van der Waals surface area contributed by atoms with Crippen molar-refractivity contribution in [2.75, 3.05) is 26.7 Å². The molecule has 108 valence electrons. The van der Waals surface area contributed by atoms with Crippen LogP contribution in [0.15, 0.2) is 30.3 Å². The summed E-state index contributed by atoms with van der Waals surface area (Å²) in [4.78, 5) is 25.7. The molecule has 1 atom stereocenters. The Labute approximate surface area is 118 Å². The molecule has 1 amide bonds. The second-order valence-corrected chi connectivity index (χ2v) is 4.83. The molecule has 1 saturated heterocycles. The predicted molar refractivity (Wildman–Crippen MR) is 74.9 cm³/mol. The van der Waals surface area contributed by atoms with Crippen LogP contribution in [-0.4, -0.2) is 43.5 Å². The van der Waals surface area contributed by atoms with Crippen LogP contribution in [-0.2, 0) is 14.3 Å². The molecule has 0 radical (unpaired) electrons. The van der Waals surface area contributed by atoms with Gasteiger partial charge in [0, 0.05) is 20.1 Å². The lowest BCUT2D eigenvalue weighted by molar-refractivity contribution is -0.155. The van der Waals surface area contributed by atoms with Gasteiger partial charge in [-0.05, 0) is 12.5 Å². The van der Waals surface area contributed by atoms with E-state index in [2.05, 4.69) is 5.32 Å². The molecule has 0 bridgehead atoms. The number of nitrogens with zero attached hydrogens (tertiary/aromatic N) is 1. The largest absolute Gasteiger partial charge is 0.465 e. The topological polar surface area (TPSA) is 58.6 Å². The average molecular weight is 276 g/mol. The second-order valence-electron chi connectivity index (χ2n) is 4.83. The third-order valence-electron chi connectivity index (χ3n) is 3.52. The van der Waals surface area contributed by atoms with Gasteiger partial charge in [0.25, 0.3) is 0 Å². The molecule has 1 aliphatic heterocycles. The quantitative estimate of drug-likeness (QED) is 0.814. The zero-order valence-corrected chi connectivity index (χ0v) is 11.8. The Bertz CT molecular complexity index is 469. The van der Waals surface area contributed by atoms with E-state index in [1.54, 1.807) is 14.0 Å². The fourth-order valence-electron chi connectivity index (χ4n) is 2.45. The smallest absolute Gasteiger partial charge is 0.328 e. The fourth-order valence-corrected chi connectivity index (χ4v) is 2.45. The van der Waals surface area contributed by atoms with Crippen molar-refractivity contribution in [3.05, 3.63) is 35.9 Å². The molecule has 5 heteroatoms. The lowest BCUT2D eigenvalue weighted by atomic mass is 9.93. The van der Waals surface area contributed by atoms with Crippen LogP contribution in [0.25, 0.3) is 0 Å². The van der Waals surface area contributed by atoms with Crippen LogP contribution >= 0.6 is 0 Å². The number of carbonyl (C=O) groups is 2. The first-order valence-corrected chi connectivity index (χ1v) is 6.84. The van der Waals surface area contributed by atoms with Crippen molar-refractivity contribution in [1.29, 1.82) is 0 Å². The van der Waals surface area contributed by atoms with Crippen LogP contribution in [0.2, 0.25) is 0 Å². The third kappa shape index (κ3) is 2.99. The van der Waals surface area contributed by atoms with Crippen LogP contribution in [0.3, 0.4) is 0 Å². The van der Waals surface area contributed by atoms with Crippen LogP contribution in [0, 0.1) is 5.92 Å². The molecule has 1 fully saturated rings. The van der Waals surface area contributed by atoms with Gasteiger partial charge in [0.1, 0.15) is 6.04 Å². The highest BCUT2D eigenvalue weighted by Crippen LogP contribution is 2.29. The summed E-state index contributed by atoms with van der Waals surface area (Å²) in [7, 11) is 1.63. The van der Waals surface area contributed by atoms with Crippen molar-refractivity contribution in [3.8, 4) is 0 Å².